The van der Waals surface area contributed by atoms with Crippen molar-refractivity contribution in [2.24, 2.45) is 5.73 Å². The molecule has 5 heteroatoms. The van der Waals surface area contributed by atoms with Crippen molar-refractivity contribution in [1.82, 2.24) is 15.3 Å². The molecule has 0 bridgehead atoms. The van der Waals surface area contributed by atoms with Crippen LogP contribution in [0.5, 0.6) is 0 Å². The van der Waals surface area contributed by atoms with Crippen molar-refractivity contribution in [3.8, 4) is 0 Å². The fraction of sp³-hybridized carbons (Fsp3) is 0.273. The molecule has 1 aromatic heterocycles. The van der Waals surface area contributed by atoms with Gasteiger partial charge in [0.2, 0.25) is 0 Å². The second kappa shape index (κ2) is 3.94. The van der Waals surface area contributed by atoms with Crippen LogP contribution in [0.15, 0.2) is 18.2 Å². The Labute approximate surface area is 93.1 Å². The molecule has 1 aromatic carbocycles. The molecule has 0 aliphatic rings. The number of carbonyl (C=O) groups excluding carboxylic acids is 1. The second-order valence-electron chi connectivity index (χ2n) is 3.72. The molecule has 1 unspecified atom stereocenters. The molecule has 2 rings (SSSR count). The molecular formula is C11H14N4O. The molecule has 0 fully saturated rings. The lowest BCUT2D eigenvalue weighted by atomic mass is 10.2. The minimum atomic E-state index is -0.143. The first-order valence-electron chi connectivity index (χ1n) is 5.09. The number of hydrogen-bond acceptors (Lipinski definition) is 3. The minimum Gasteiger partial charge on any atom is -0.355 e. The van der Waals surface area contributed by atoms with E-state index in [1.807, 2.05) is 13.0 Å². The molecule has 0 aliphatic heterocycles. The third-order valence-electron chi connectivity index (χ3n) is 2.42. The molecule has 1 amide bonds. The highest BCUT2D eigenvalue weighted by Gasteiger charge is 2.09. The monoisotopic (exact) mass is 218 g/mol. The summed E-state index contributed by atoms with van der Waals surface area (Å²) < 4.78 is 0. The molecule has 16 heavy (non-hydrogen) atoms. The number of nitrogens with one attached hydrogen (secondary N) is 2. The van der Waals surface area contributed by atoms with Crippen LogP contribution in [0.25, 0.3) is 11.0 Å². The SMILES string of the molecule is CNC(=O)c1ccc2nc(C(C)N)[nH]c2c1. The number of benzene rings is 1. The molecule has 1 atom stereocenters. The molecular weight excluding hydrogens is 204 g/mol. The zero-order valence-corrected chi connectivity index (χ0v) is 9.24. The van der Waals surface area contributed by atoms with Crippen LogP contribution >= 0.6 is 0 Å². The van der Waals surface area contributed by atoms with E-state index in [0.717, 1.165) is 16.9 Å². The molecule has 5 nitrogen and oxygen atoms in total. The summed E-state index contributed by atoms with van der Waals surface area (Å²) in [7, 11) is 1.60. The van der Waals surface area contributed by atoms with Gasteiger partial charge >= 0.3 is 0 Å². The Balaban J connectivity index is 2.49. The Bertz CT molecular complexity index is 530. The predicted molar refractivity (Wildman–Crippen MR) is 62.1 cm³/mol. The van der Waals surface area contributed by atoms with Gasteiger partial charge in [-0.1, -0.05) is 0 Å². The lowest BCUT2D eigenvalue weighted by molar-refractivity contribution is 0.0963. The van der Waals surface area contributed by atoms with Crippen LogP contribution in [-0.4, -0.2) is 22.9 Å². The maximum Gasteiger partial charge on any atom is 0.251 e. The highest BCUT2D eigenvalue weighted by atomic mass is 16.1. The van der Waals surface area contributed by atoms with Gasteiger partial charge in [0.05, 0.1) is 17.1 Å². The van der Waals surface area contributed by atoms with Gasteiger partial charge in [-0.15, -0.1) is 0 Å². The van der Waals surface area contributed by atoms with Crippen molar-refractivity contribution in [3.63, 3.8) is 0 Å². The lowest BCUT2D eigenvalue weighted by Gasteiger charge is -1.98. The topological polar surface area (TPSA) is 83.8 Å². The quantitative estimate of drug-likeness (QED) is 0.701. The smallest absolute Gasteiger partial charge is 0.251 e. The van der Waals surface area contributed by atoms with Gasteiger partial charge in [-0.05, 0) is 25.1 Å². The van der Waals surface area contributed by atoms with E-state index in [4.69, 9.17) is 5.73 Å². The fourth-order valence-corrected chi connectivity index (χ4v) is 1.53. The first-order valence-corrected chi connectivity index (χ1v) is 5.09. The number of fused-ring (bicyclic) bond motifs is 1. The van der Waals surface area contributed by atoms with Crippen LogP contribution in [0.1, 0.15) is 29.1 Å². The number of aromatic amines is 1. The largest absolute Gasteiger partial charge is 0.355 e. The van der Waals surface area contributed by atoms with Crippen LogP contribution < -0.4 is 11.1 Å². The standard InChI is InChI=1S/C11H14N4O/c1-6(12)10-14-8-4-3-7(11(16)13-2)5-9(8)15-10/h3-6H,12H2,1-2H3,(H,13,16)(H,14,15). The molecule has 1 heterocycles. The predicted octanol–water partition coefficient (Wildman–Crippen LogP) is 0.942. The van der Waals surface area contributed by atoms with E-state index in [0.29, 0.717) is 5.56 Å². The molecule has 0 saturated heterocycles. The third kappa shape index (κ3) is 1.77. The van der Waals surface area contributed by atoms with E-state index < -0.39 is 0 Å². The maximum absolute atomic E-state index is 11.4. The second-order valence-corrected chi connectivity index (χ2v) is 3.72. The van der Waals surface area contributed by atoms with Gasteiger partial charge in [-0.25, -0.2) is 4.98 Å². The summed E-state index contributed by atoms with van der Waals surface area (Å²) in [5.41, 5.74) is 7.98. The number of nitrogens with two attached hydrogens (primary N) is 1. The van der Waals surface area contributed by atoms with E-state index in [1.165, 1.54) is 0 Å². The van der Waals surface area contributed by atoms with Crippen molar-refractivity contribution in [2.75, 3.05) is 7.05 Å². The number of rotatable bonds is 2. The summed E-state index contributed by atoms with van der Waals surface area (Å²) in [5.74, 6) is 0.614. The fourth-order valence-electron chi connectivity index (χ4n) is 1.53. The highest BCUT2D eigenvalue weighted by molar-refractivity contribution is 5.97. The van der Waals surface area contributed by atoms with Gasteiger partial charge in [-0.3, -0.25) is 4.79 Å². The summed E-state index contributed by atoms with van der Waals surface area (Å²) in [5, 5.41) is 2.58. The van der Waals surface area contributed by atoms with Gasteiger partial charge in [0.25, 0.3) is 5.91 Å². The Kier molecular flexibility index (Phi) is 2.62. The average molecular weight is 218 g/mol. The molecule has 0 saturated carbocycles. The normalized spacial score (nSPS) is 12.7. The zero-order chi connectivity index (χ0) is 11.7. The van der Waals surface area contributed by atoms with Crippen LogP contribution in [0.2, 0.25) is 0 Å². The Hall–Kier alpha value is -1.88. The van der Waals surface area contributed by atoms with Gasteiger partial charge in [0.15, 0.2) is 0 Å². The van der Waals surface area contributed by atoms with E-state index in [2.05, 4.69) is 15.3 Å². The van der Waals surface area contributed by atoms with Crippen LogP contribution in [-0.2, 0) is 0 Å². The molecule has 0 radical (unpaired) electrons. The third-order valence-corrected chi connectivity index (χ3v) is 2.42. The molecule has 0 spiro atoms. The molecule has 0 aliphatic carbocycles. The van der Waals surface area contributed by atoms with Crippen molar-refractivity contribution in [3.05, 3.63) is 29.6 Å². The van der Waals surface area contributed by atoms with Crippen LogP contribution in [0.4, 0.5) is 0 Å². The first-order chi connectivity index (χ1) is 7.61. The van der Waals surface area contributed by atoms with E-state index in [9.17, 15) is 4.79 Å². The van der Waals surface area contributed by atoms with Crippen molar-refractivity contribution in [2.45, 2.75) is 13.0 Å². The van der Waals surface area contributed by atoms with E-state index >= 15 is 0 Å². The molecule has 4 N–H and O–H groups in total. The number of hydrogen-bond donors (Lipinski definition) is 3. The van der Waals surface area contributed by atoms with E-state index in [1.54, 1.807) is 19.2 Å². The number of nitrogens with zero attached hydrogens (tertiary/aromatic N) is 1. The number of carbonyl (C=O) groups is 1. The number of aromatic nitrogens is 2. The van der Waals surface area contributed by atoms with Crippen LogP contribution in [0.3, 0.4) is 0 Å². The summed E-state index contributed by atoms with van der Waals surface area (Å²) in [6.07, 6.45) is 0. The maximum atomic E-state index is 11.4. The zero-order valence-electron chi connectivity index (χ0n) is 9.24. The highest BCUT2D eigenvalue weighted by Crippen LogP contribution is 2.16. The van der Waals surface area contributed by atoms with Gasteiger partial charge in [-0.2, -0.15) is 0 Å². The molecule has 2 aromatic rings. The lowest BCUT2D eigenvalue weighted by Crippen LogP contribution is -2.17. The molecule has 84 valence electrons. The van der Waals surface area contributed by atoms with Crippen molar-refractivity contribution >= 4 is 16.9 Å². The first kappa shape index (κ1) is 10.6. The number of imidazole rings is 1. The summed E-state index contributed by atoms with van der Waals surface area (Å²) in [6.45, 7) is 1.86. The van der Waals surface area contributed by atoms with Gasteiger partial charge in [0.1, 0.15) is 5.82 Å². The van der Waals surface area contributed by atoms with Gasteiger partial charge in [0, 0.05) is 12.6 Å². The Morgan fingerprint density at radius 2 is 2.31 bits per heavy atom. The van der Waals surface area contributed by atoms with Gasteiger partial charge < -0.3 is 16.0 Å². The average Bonchev–Trinajstić information content (AvgIpc) is 2.70. The minimum absolute atomic E-state index is 0.112. The number of amides is 1. The Morgan fingerprint density at radius 3 is 2.94 bits per heavy atom. The number of H-pyrrole nitrogens is 1. The van der Waals surface area contributed by atoms with Crippen molar-refractivity contribution in [1.29, 1.82) is 0 Å². The Morgan fingerprint density at radius 1 is 1.56 bits per heavy atom. The van der Waals surface area contributed by atoms with E-state index in [-0.39, 0.29) is 11.9 Å². The van der Waals surface area contributed by atoms with Crippen molar-refractivity contribution < 1.29 is 4.79 Å². The summed E-state index contributed by atoms with van der Waals surface area (Å²) >= 11 is 0. The van der Waals surface area contributed by atoms with Crippen LogP contribution in [0, 0.1) is 0 Å². The summed E-state index contributed by atoms with van der Waals surface area (Å²) in [4.78, 5) is 18.9. The summed E-state index contributed by atoms with van der Waals surface area (Å²) in [6, 6.07) is 5.18.